The van der Waals surface area contributed by atoms with Gasteiger partial charge in [-0.2, -0.15) is 5.10 Å². The van der Waals surface area contributed by atoms with E-state index in [0.29, 0.717) is 6.04 Å². The maximum absolute atomic E-state index is 12.5. The van der Waals surface area contributed by atoms with E-state index in [-0.39, 0.29) is 6.03 Å². The van der Waals surface area contributed by atoms with Gasteiger partial charge in [-0.15, -0.1) is 0 Å². The third kappa shape index (κ3) is 2.71. The van der Waals surface area contributed by atoms with E-state index < -0.39 is 0 Å². The zero-order valence-corrected chi connectivity index (χ0v) is 13.4. The van der Waals surface area contributed by atoms with E-state index in [1.807, 2.05) is 53.0 Å². The lowest BCUT2D eigenvalue weighted by Gasteiger charge is -2.24. The Balaban J connectivity index is 1.43. The molecule has 2 atom stereocenters. The molecule has 1 saturated heterocycles. The van der Waals surface area contributed by atoms with Crippen LogP contribution in [0.1, 0.15) is 31.4 Å². The van der Waals surface area contributed by atoms with E-state index in [1.54, 1.807) is 0 Å². The smallest absolute Gasteiger partial charge is 0.321 e. The standard InChI is InChI=1S/C18H22N4O/c1-13-9-12-22(20-13)16-7-5-15(6-8-16)19-18(23)21-11-10-14-3-2-4-17(14)21/h5-9,12,14,17H,2-4,10-11H2,1H3,(H,19,23)/t14-,17-/m0/s1. The van der Waals surface area contributed by atoms with Crippen LogP contribution in [0.3, 0.4) is 0 Å². The number of carbonyl (C=O) groups excluding carboxylic acids is 1. The number of aryl methyl sites for hydroxylation is 1. The molecule has 2 aliphatic rings. The monoisotopic (exact) mass is 310 g/mol. The number of benzene rings is 1. The number of likely N-dealkylation sites (tertiary alicyclic amines) is 1. The number of fused-ring (bicyclic) bond motifs is 1. The van der Waals surface area contributed by atoms with Gasteiger partial charge in [-0.3, -0.25) is 0 Å². The first kappa shape index (κ1) is 14.3. The summed E-state index contributed by atoms with van der Waals surface area (Å²) in [6.45, 7) is 2.86. The molecule has 1 aliphatic heterocycles. The van der Waals surface area contributed by atoms with Crippen LogP contribution < -0.4 is 5.32 Å². The summed E-state index contributed by atoms with van der Waals surface area (Å²) in [4.78, 5) is 14.5. The van der Waals surface area contributed by atoms with Crippen LogP contribution in [0.5, 0.6) is 0 Å². The zero-order valence-electron chi connectivity index (χ0n) is 13.4. The van der Waals surface area contributed by atoms with Crippen molar-refractivity contribution in [3.8, 4) is 5.69 Å². The van der Waals surface area contributed by atoms with Crippen molar-refractivity contribution in [1.29, 1.82) is 0 Å². The van der Waals surface area contributed by atoms with E-state index in [1.165, 1.54) is 12.8 Å². The quantitative estimate of drug-likeness (QED) is 0.921. The molecule has 0 spiro atoms. The number of aromatic nitrogens is 2. The summed E-state index contributed by atoms with van der Waals surface area (Å²) in [5.74, 6) is 0.728. The Morgan fingerprint density at radius 1 is 1.17 bits per heavy atom. The lowest BCUT2D eigenvalue weighted by molar-refractivity contribution is 0.203. The molecule has 0 radical (unpaired) electrons. The first-order valence-corrected chi connectivity index (χ1v) is 8.41. The maximum Gasteiger partial charge on any atom is 0.322 e. The fourth-order valence-electron chi connectivity index (χ4n) is 3.94. The minimum absolute atomic E-state index is 0.0436. The fourth-order valence-corrected chi connectivity index (χ4v) is 3.94. The molecule has 120 valence electrons. The molecule has 1 aliphatic carbocycles. The SMILES string of the molecule is Cc1ccn(-c2ccc(NC(=O)N3CC[C@@H]4CCC[C@@H]43)cc2)n1. The van der Waals surface area contributed by atoms with Crippen molar-refractivity contribution in [3.05, 3.63) is 42.2 Å². The van der Waals surface area contributed by atoms with Crippen LogP contribution >= 0.6 is 0 Å². The molecule has 1 aromatic heterocycles. The molecule has 2 heterocycles. The fraction of sp³-hybridized carbons (Fsp3) is 0.444. The average molecular weight is 310 g/mol. The Morgan fingerprint density at radius 2 is 2.00 bits per heavy atom. The summed E-state index contributed by atoms with van der Waals surface area (Å²) in [7, 11) is 0. The van der Waals surface area contributed by atoms with Crippen LogP contribution in [0.2, 0.25) is 0 Å². The van der Waals surface area contributed by atoms with Crippen molar-refractivity contribution in [2.24, 2.45) is 5.92 Å². The zero-order chi connectivity index (χ0) is 15.8. The van der Waals surface area contributed by atoms with E-state index >= 15 is 0 Å². The van der Waals surface area contributed by atoms with Crippen LogP contribution in [0, 0.1) is 12.8 Å². The molecular formula is C18H22N4O. The van der Waals surface area contributed by atoms with Gasteiger partial charge in [-0.1, -0.05) is 6.42 Å². The highest BCUT2D eigenvalue weighted by Gasteiger charge is 2.39. The molecule has 4 rings (SSSR count). The number of urea groups is 1. The summed E-state index contributed by atoms with van der Waals surface area (Å²) in [5.41, 5.74) is 2.82. The highest BCUT2D eigenvalue weighted by molar-refractivity contribution is 5.89. The molecule has 0 bridgehead atoms. The molecule has 23 heavy (non-hydrogen) atoms. The highest BCUT2D eigenvalue weighted by atomic mass is 16.2. The van der Waals surface area contributed by atoms with Crippen LogP contribution in [0.25, 0.3) is 5.69 Å². The van der Waals surface area contributed by atoms with Gasteiger partial charge in [0.25, 0.3) is 0 Å². The van der Waals surface area contributed by atoms with Crippen LogP contribution in [0.15, 0.2) is 36.5 Å². The summed E-state index contributed by atoms with van der Waals surface area (Å²) in [5, 5.41) is 7.43. The lowest BCUT2D eigenvalue weighted by Crippen LogP contribution is -2.39. The molecule has 1 aromatic carbocycles. The van der Waals surface area contributed by atoms with Gasteiger partial charge in [-0.05, 0) is 62.4 Å². The number of nitrogens with one attached hydrogen (secondary N) is 1. The van der Waals surface area contributed by atoms with Crippen molar-refractivity contribution >= 4 is 11.7 Å². The van der Waals surface area contributed by atoms with Crippen molar-refractivity contribution in [2.45, 2.75) is 38.6 Å². The van der Waals surface area contributed by atoms with E-state index in [4.69, 9.17) is 0 Å². The van der Waals surface area contributed by atoms with Gasteiger partial charge in [0.05, 0.1) is 11.4 Å². The second kappa shape index (κ2) is 5.72. The van der Waals surface area contributed by atoms with Gasteiger partial charge >= 0.3 is 6.03 Å². The highest BCUT2D eigenvalue weighted by Crippen LogP contribution is 2.37. The number of amides is 2. The maximum atomic E-state index is 12.5. The summed E-state index contributed by atoms with van der Waals surface area (Å²) < 4.78 is 1.84. The number of hydrogen-bond acceptors (Lipinski definition) is 2. The van der Waals surface area contributed by atoms with Crippen LogP contribution in [-0.4, -0.2) is 33.3 Å². The molecule has 2 aromatic rings. The van der Waals surface area contributed by atoms with Gasteiger partial charge in [0.2, 0.25) is 0 Å². The number of rotatable bonds is 2. The van der Waals surface area contributed by atoms with Crippen molar-refractivity contribution in [2.75, 3.05) is 11.9 Å². The van der Waals surface area contributed by atoms with Crippen molar-refractivity contribution in [1.82, 2.24) is 14.7 Å². The van der Waals surface area contributed by atoms with Gasteiger partial charge < -0.3 is 10.2 Å². The Kier molecular flexibility index (Phi) is 3.56. The first-order valence-electron chi connectivity index (χ1n) is 8.41. The summed E-state index contributed by atoms with van der Waals surface area (Å²) in [6, 6.07) is 10.3. The number of anilines is 1. The Labute approximate surface area is 136 Å². The molecule has 2 amide bonds. The minimum atomic E-state index is 0.0436. The largest absolute Gasteiger partial charge is 0.322 e. The Morgan fingerprint density at radius 3 is 2.74 bits per heavy atom. The molecule has 1 N–H and O–H groups in total. The van der Waals surface area contributed by atoms with Crippen LogP contribution in [-0.2, 0) is 0 Å². The minimum Gasteiger partial charge on any atom is -0.321 e. The Bertz CT molecular complexity index is 706. The van der Waals surface area contributed by atoms with Crippen LogP contribution in [0.4, 0.5) is 10.5 Å². The normalized spacial score (nSPS) is 23.1. The molecular weight excluding hydrogens is 288 g/mol. The molecule has 2 fully saturated rings. The van der Waals surface area contributed by atoms with Gasteiger partial charge in [0, 0.05) is 24.5 Å². The third-order valence-electron chi connectivity index (χ3n) is 5.13. The van der Waals surface area contributed by atoms with Gasteiger partial charge in [0.15, 0.2) is 0 Å². The predicted octanol–water partition coefficient (Wildman–Crippen LogP) is 3.59. The molecule has 1 saturated carbocycles. The van der Waals surface area contributed by atoms with Crippen molar-refractivity contribution in [3.63, 3.8) is 0 Å². The average Bonchev–Trinajstić information content (AvgIpc) is 3.24. The second-order valence-corrected chi connectivity index (χ2v) is 6.62. The molecule has 5 nitrogen and oxygen atoms in total. The van der Waals surface area contributed by atoms with E-state index in [9.17, 15) is 4.79 Å². The summed E-state index contributed by atoms with van der Waals surface area (Å²) >= 11 is 0. The second-order valence-electron chi connectivity index (χ2n) is 6.62. The first-order chi connectivity index (χ1) is 11.2. The predicted molar refractivity (Wildman–Crippen MR) is 89.8 cm³/mol. The van der Waals surface area contributed by atoms with Gasteiger partial charge in [-0.25, -0.2) is 9.48 Å². The number of nitrogens with zero attached hydrogens (tertiary/aromatic N) is 3. The lowest BCUT2D eigenvalue weighted by atomic mass is 10.1. The molecule has 5 heteroatoms. The molecule has 0 unspecified atom stereocenters. The van der Waals surface area contributed by atoms with Crippen molar-refractivity contribution < 1.29 is 4.79 Å². The third-order valence-corrected chi connectivity index (χ3v) is 5.13. The Hall–Kier alpha value is -2.30. The van der Waals surface area contributed by atoms with E-state index in [2.05, 4.69) is 10.4 Å². The van der Waals surface area contributed by atoms with Gasteiger partial charge in [0.1, 0.15) is 0 Å². The number of hydrogen-bond donors (Lipinski definition) is 1. The topological polar surface area (TPSA) is 50.2 Å². The number of carbonyl (C=O) groups is 1. The summed E-state index contributed by atoms with van der Waals surface area (Å²) in [6.07, 6.45) is 6.81. The van der Waals surface area contributed by atoms with E-state index in [0.717, 1.165) is 42.4 Å².